The molecule has 2 heteroatoms. The molecule has 1 aromatic carbocycles. The third-order valence-corrected chi connectivity index (χ3v) is 5.07. The average Bonchev–Trinajstić information content (AvgIpc) is 2.90. The molecule has 0 bridgehead atoms. The minimum Gasteiger partial charge on any atom is -0.497 e. The Morgan fingerprint density at radius 1 is 1.29 bits per heavy atom. The highest BCUT2D eigenvalue weighted by Gasteiger charge is 2.27. The summed E-state index contributed by atoms with van der Waals surface area (Å²) in [6.45, 7) is 6.96. The number of aromatic amines is 1. The van der Waals surface area contributed by atoms with E-state index in [-0.39, 0.29) is 0 Å². The minimum atomic E-state index is 0.534. The van der Waals surface area contributed by atoms with Crippen LogP contribution >= 0.6 is 0 Å². The zero-order chi connectivity index (χ0) is 15.0. The Bertz CT molecular complexity index is 665. The summed E-state index contributed by atoms with van der Waals surface area (Å²) in [7, 11) is 1.73. The minimum absolute atomic E-state index is 0.534. The van der Waals surface area contributed by atoms with E-state index < -0.39 is 0 Å². The van der Waals surface area contributed by atoms with Gasteiger partial charge in [-0.1, -0.05) is 25.5 Å². The number of benzene rings is 1. The maximum absolute atomic E-state index is 5.39. The van der Waals surface area contributed by atoms with Crippen molar-refractivity contribution in [3.8, 4) is 5.75 Å². The molecule has 0 fully saturated rings. The van der Waals surface area contributed by atoms with Crippen LogP contribution in [0.25, 0.3) is 10.9 Å². The molecule has 112 valence electrons. The molecule has 0 amide bonds. The summed E-state index contributed by atoms with van der Waals surface area (Å²) in [6.07, 6.45) is 7.11. The molecule has 2 aromatic rings. The number of aromatic nitrogens is 1. The van der Waals surface area contributed by atoms with Crippen LogP contribution in [-0.2, 0) is 0 Å². The summed E-state index contributed by atoms with van der Waals surface area (Å²) in [6, 6.07) is 6.29. The van der Waals surface area contributed by atoms with Gasteiger partial charge in [0.25, 0.3) is 0 Å². The molecule has 21 heavy (non-hydrogen) atoms. The van der Waals surface area contributed by atoms with E-state index >= 15 is 0 Å². The van der Waals surface area contributed by atoms with Crippen molar-refractivity contribution in [2.24, 2.45) is 11.8 Å². The molecule has 1 aliphatic carbocycles. The van der Waals surface area contributed by atoms with E-state index in [2.05, 4.69) is 50.2 Å². The van der Waals surface area contributed by atoms with Gasteiger partial charge in [-0.25, -0.2) is 0 Å². The number of nitrogens with one attached hydrogen (secondary N) is 1. The van der Waals surface area contributed by atoms with Crippen LogP contribution in [0.2, 0.25) is 0 Å². The summed E-state index contributed by atoms with van der Waals surface area (Å²) in [5.41, 5.74) is 4.13. The zero-order valence-electron chi connectivity index (χ0n) is 13.4. The van der Waals surface area contributed by atoms with E-state index in [0.717, 1.165) is 17.6 Å². The lowest BCUT2D eigenvalue weighted by molar-refractivity contribution is 0.333. The quantitative estimate of drug-likeness (QED) is 0.762. The van der Waals surface area contributed by atoms with Crippen LogP contribution < -0.4 is 4.74 Å². The van der Waals surface area contributed by atoms with E-state index in [4.69, 9.17) is 4.74 Å². The first kappa shape index (κ1) is 14.2. The first-order valence-electron chi connectivity index (χ1n) is 7.91. The van der Waals surface area contributed by atoms with Gasteiger partial charge in [0.2, 0.25) is 0 Å². The predicted octanol–water partition coefficient (Wildman–Crippen LogP) is 5.27. The van der Waals surface area contributed by atoms with Crippen LogP contribution in [0, 0.1) is 11.8 Å². The highest BCUT2D eigenvalue weighted by atomic mass is 16.5. The molecule has 0 aliphatic heterocycles. The normalized spacial score (nSPS) is 22.6. The van der Waals surface area contributed by atoms with Crippen LogP contribution in [0.1, 0.15) is 45.1 Å². The van der Waals surface area contributed by atoms with Gasteiger partial charge in [-0.3, -0.25) is 0 Å². The fraction of sp³-hybridized carbons (Fsp3) is 0.474. The lowest BCUT2D eigenvalue weighted by Crippen LogP contribution is -2.17. The molecule has 0 spiro atoms. The van der Waals surface area contributed by atoms with E-state index in [1.54, 1.807) is 7.11 Å². The van der Waals surface area contributed by atoms with Crippen molar-refractivity contribution in [2.75, 3.05) is 7.11 Å². The third-order valence-electron chi connectivity index (χ3n) is 5.07. The summed E-state index contributed by atoms with van der Waals surface area (Å²) < 4.78 is 5.39. The number of fused-ring (bicyclic) bond motifs is 1. The second kappa shape index (κ2) is 5.59. The molecular weight excluding hydrogens is 258 g/mol. The Hall–Kier alpha value is -1.70. The van der Waals surface area contributed by atoms with Crippen LogP contribution in [0.3, 0.4) is 0 Å². The summed E-state index contributed by atoms with van der Waals surface area (Å²) in [5.74, 6) is 3.00. The van der Waals surface area contributed by atoms with Gasteiger partial charge in [0.1, 0.15) is 5.75 Å². The number of hydrogen-bond donors (Lipinski definition) is 1. The summed E-state index contributed by atoms with van der Waals surface area (Å²) in [4.78, 5) is 3.42. The van der Waals surface area contributed by atoms with Crippen molar-refractivity contribution in [3.63, 3.8) is 0 Å². The summed E-state index contributed by atoms with van der Waals surface area (Å²) >= 11 is 0. The van der Waals surface area contributed by atoms with Gasteiger partial charge < -0.3 is 9.72 Å². The first-order valence-corrected chi connectivity index (χ1v) is 7.91. The monoisotopic (exact) mass is 283 g/mol. The van der Waals surface area contributed by atoms with Gasteiger partial charge in [-0.15, -0.1) is 0 Å². The highest BCUT2D eigenvalue weighted by Crippen LogP contribution is 2.42. The zero-order valence-corrected chi connectivity index (χ0v) is 13.4. The number of ether oxygens (including phenoxy) is 1. The molecule has 0 unspecified atom stereocenters. The van der Waals surface area contributed by atoms with E-state index in [1.165, 1.54) is 34.9 Å². The topological polar surface area (TPSA) is 25.0 Å². The highest BCUT2D eigenvalue weighted by molar-refractivity contribution is 5.85. The van der Waals surface area contributed by atoms with Crippen molar-refractivity contribution in [1.29, 1.82) is 0 Å². The molecule has 0 saturated heterocycles. The average molecular weight is 283 g/mol. The lowest BCUT2D eigenvalue weighted by Gasteiger charge is -2.31. The Morgan fingerprint density at radius 3 is 2.81 bits per heavy atom. The number of allylic oxidation sites excluding steroid dienone is 2. The molecule has 2 nitrogen and oxygen atoms in total. The van der Waals surface area contributed by atoms with Gasteiger partial charge in [0.15, 0.2) is 0 Å². The Kier molecular flexibility index (Phi) is 3.79. The van der Waals surface area contributed by atoms with E-state index in [9.17, 15) is 0 Å². The van der Waals surface area contributed by atoms with Gasteiger partial charge in [0, 0.05) is 23.0 Å². The molecule has 2 atom stereocenters. The first-order chi connectivity index (χ1) is 10.1. The molecule has 1 aromatic heterocycles. The van der Waals surface area contributed by atoms with E-state index in [1.807, 2.05) is 6.07 Å². The van der Waals surface area contributed by atoms with Crippen molar-refractivity contribution in [1.82, 2.24) is 4.98 Å². The second-order valence-corrected chi connectivity index (χ2v) is 6.63. The standard InChI is InChI=1S/C19H25NO/c1-12(2)14-6-5-13(3)16(9-14)18-11-20-19-8-7-15(21-4)10-17(18)19/h5,7-8,10-12,14,16,20H,6,9H2,1-4H3/t14-,16+/m1/s1. The Morgan fingerprint density at radius 2 is 2.10 bits per heavy atom. The maximum atomic E-state index is 5.39. The molecule has 0 radical (unpaired) electrons. The Balaban J connectivity index is 2.02. The number of H-pyrrole nitrogens is 1. The number of rotatable bonds is 3. The molecule has 1 aliphatic rings. The fourth-order valence-electron chi connectivity index (χ4n) is 3.52. The number of methoxy groups -OCH3 is 1. The van der Waals surface area contributed by atoms with Crippen LogP contribution in [0.4, 0.5) is 0 Å². The van der Waals surface area contributed by atoms with Crippen molar-refractivity contribution >= 4 is 10.9 Å². The second-order valence-electron chi connectivity index (χ2n) is 6.63. The van der Waals surface area contributed by atoms with Crippen LogP contribution in [0.15, 0.2) is 36.0 Å². The predicted molar refractivity (Wildman–Crippen MR) is 88.9 cm³/mol. The van der Waals surface area contributed by atoms with Crippen LogP contribution in [0.5, 0.6) is 5.75 Å². The SMILES string of the molecule is COc1ccc2[nH]cc([C@H]3C[C@H](C(C)C)CC=C3C)c2c1. The molecule has 1 heterocycles. The maximum Gasteiger partial charge on any atom is 0.119 e. The van der Waals surface area contributed by atoms with Gasteiger partial charge in [-0.05, 0) is 55.4 Å². The van der Waals surface area contributed by atoms with Gasteiger partial charge in [0.05, 0.1) is 7.11 Å². The largest absolute Gasteiger partial charge is 0.497 e. The van der Waals surface area contributed by atoms with Crippen LogP contribution in [-0.4, -0.2) is 12.1 Å². The van der Waals surface area contributed by atoms with Crippen molar-refractivity contribution in [2.45, 2.75) is 39.5 Å². The van der Waals surface area contributed by atoms with Crippen molar-refractivity contribution < 1.29 is 4.74 Å². The third kappa shape index (κ3) is 2.59. The smallest absolute Gasteiger partial charge is 0.119 e. The summed E-state index contributed by atoms with van der Waals surface area (Å²) in [5, 5.41) is 1.30. The lowest BCUT2D eigenvalue weighted by atomic mass is 9.74. The van der Waals surface area contributed by atoms with Gasteiger partial charge >= 0.3 is 0 Å². The molecular formula is C19H25NO. The molecule has 3 rings (SSSR count). The Labute approximate surface area is 127 Å². The molecule has 1 N–H and O–H groups in total. The fourth-order valence-corrected chi connectivity index (χ4v) is 3.52. The molecule has 0 saturated carbocycles. The van der Waals surface area contributed by atoms with Crippen molar-refractivity contribution in [3.05, 3.63) is 41.6 Å². The number of hydrogen-bond acceptors (Lipinski definition) is 1. The van der Waals surface area contributed by atoms with E-state index in [0.29, 0.717) is 5.92 Å². The van der Waals surface area contributed by atoms with Gasteiger partial charge in [-0.2, -0.15) is 0 Å².